The van der Waals surface area contributed by atoms with E-state index in [4.69, 9.17) is 10.5 Å². The van der Waals surface area contributed by atoms with Gasteiger partial charge in [0.2, 0.25) is 0 Å². The molecular weight excluding hydrogens is 278 g/mol. The number of amides is 1. The van der Waals surface area contributed by atoms with Gasteiger partial charge in [-0.15, -0.1) is 0 Å². The first kappa shape index (κ1) is 15.4. The molecule has 2 rings (SSSR count). The van der Waals surface area contributed by atoms with Gasteiger partial charge in [-0.3, -0.25) is 0 Å². The second kappa shape index (κ2) is 7.70. The van der Waals surface area contributed by atoms with Crippen LogP contribution >= 0.6 is 0 Å². The maximum absolute atomic E-state index is 11.5. The third kappa shape index (κ3) is 4.84. The van der Waals surface area contributed by atoms with Gasteiger partial charge in [0.15, 0.2) is 0 Å². The van der Waals surface area contributed by atoms with Crippen LogP contribution < -0.4 is 11.1 Å². The van der Waals surface area contributed by atoms with Crippen LogP contribution in [0.1, 0.15) is 16.8 Å². The molecule has 1 heterocycles. The van der Waals surface area contributed by atoms with Crippen LogP contribution in [0.4, 0.5) is 10.5 Å². The van der Waals surface area contributed by atoms with Crippen molar-refractivity contribution in [3.63, 3.8) is 0 Å². The highest BCUT2D eigenvalue weighted by Gasteiger charge is 2.00. The highest BCUT2D eigenvalue weighted by atomic mass is 16.5. The number of aryl methyl sites for hydroxylation is 1. The molecule has 5 nitrogen and oxygen atoms in total. The van der Waals surface area contributed by atoms with Gasteiger partial charge in [0.25, 0.3) is 0 Å². The summed E-state index contributed by atoms with van der Waals surface area (Å²) in [5, 5.41) is 2.57. The largest absolute Gasteiger partial charge is 0.445 e. The summed E-state index contributed by atoms with van der Waals surface area (Å²) in [6.07, 6.45) is 1.05. The lowest BCUT2D eigenvalue weighted by molar-refractivity contribution is 0.141. The quantitative estimate of drug-likeness (QED) is 0.851. The summed E-state index contributed by atoms with van der Waals surface area (Å²) >= 11 is 0. The van der Waals surface area contributed by atoms with Crippen LogP contribution in [0.15, 0.2) is 42.6 Å². The Labute approximate surface area is 129 Å². The van der Waals surface area contributed by atoms with E-state index in [1.807, 2.05) is 37.3 Å². The number of anilines is 1. The molecule has 0 unspecified atom stereocenters. The van der Waals surface area contributed by atoms with E-state index in [0.717, 1.165) is 11.1 Å². The Morgan fingerprint density at radius 2 is 2.14 bits per heavy atom. The normalized spacial score (nSPS) is 9.50. The molecule has 0 radical (unpaired) electrons. The Hall–Kier alpha value is -3.00. The monoisotopic (exact) mass is 295 g/mol. The summed E-state index contributed by atoms with van der Waals surface area (Å²) in [4.78, 5) is 15.6. The van der Waals surface area contributed by atoms with E-state index in [9.17, 15) is 4.79 Å². The number of hydrogen-bond donors (Lipinski definition) is 2. The number of nitrogens with zero attached hydrogens (tertiary/aromatic N) is 1. The highest BCUT2D eigenvalue weighted by molar-refractivity contribution is 5.67. The van der Waals surface area contributed by atoms with Crippen molar-refractivity contribution < 1.29 is 9.53 Å². The van der Waals surface area contributed by atoms with Crippen LogP contribution in [0.2, 0.25) is 0 Å². The van der Waals surface area contributed by atoms with Gasteiger partial charge in [-0.1, -0.05) is 36.3 Å². The van der Waals surface area contributed by atoms with Gasteiger partial charge in [0, 0.05) is 0 Å². The maximum atomic E-state index is 11.5. The Kier molecular flexibility index (Phi) is 5.38. The molecule has 2 aromatic rings. The van der Waals surface area contributed by atoms with Crippen LogP contribution in [0, 0.1) is 18.8 Å². The molecule has 0 bridgehead atoms. The fraction of sp³-hybridized carbons (Fsp3) is 0.176. The Balaban J connectivity index is 1.76. The van der Waals surface area contributed by atoms with Crippen molar-refractivity contribution in [1.82, 2.24) is 10.3 Å². The van der Waals surface area contributed by atoms with Gasteiger partial charge in [0.1, 0.15) is 12.3 Å². The molecule has 1 aromatic heterocycles. The maximum Gasteiger partial charge on any atom is 0.408 e. The molecule has 3 N–H and O–H groups in total. The molecule has 22 heavy (non-hydrogen) atoms. The second-order valence-electron chi connectivity index (χ2n) is 4.65. The number of carbonyl (C=O) groups excluding carboxylic acids is 1. The number of hydrogen-bond acceptors (Lipinski definition) is 4. The van der Waals surface area contributed by atoms with E-state index in [1.54, 1.807) is 12.3 Å². The smallest absolute Gasteiger partial charge is 0.408 e. The lowest BCUT2D eigenvalue weighted by atomic mass is 10.2. The molecule has 1 aromatic carbocycles. The zero-order chi connectivity index (χ0) is 15.8. The number of pyridine rings is 1. The van der Waals surface area contributed by atoms with Gasteiger partial charge in [-0.05, 0) is 30.0 Å². The van der Waals surface area contributed by atoms with Crippen LogP contribution in [0.25, 0.3) is 0 Å². The number of rotatable bonds is 3. The molecule has 112 valence electrons. The molecular formula is C17H17N3O2. The predicted octanol–water partition coefficient (Wildman–Crippen LogP) is 2.25. The average Bonchev–Trinajstić information content (AvgIpc) is 2.52. The minimum Gasteiger partial charge on any atom is -0.445 e. The lowest BCUT2D eigenvalue weighted by Gasteiger charge is -2.04. The van der Waals surface area contributed by atoms with E-state index < -0.39 is 6.09 Å². The van der Waals surface area contributed by atoms with E-state index >= 15 is 0 Å². The zero-order valence-electron chi connectivity index (χ0n) is 12.3. The average molecular weight is 295 g/mol. The van der Waals surface area contributed by atoms with Gasteiger partial charge in [-0.2, -0.15) is 0 Å². The van der Waals surface area contributed by atoms with Crippen molar-refractivity contribution in [2.24, 2.45) is 0 Å². The van der Waals surface area contributed by atoms with Crippen molar-refractivity contribution in [1.29, 1.82) is 0 Å². The van der Waals surface area contributed by atoms with Crippen LogP contribution in [0.5, 0.6) is 0 Å². The molecule has 0 atom stereocenters. The fourth-order valence-corrected chi connectivity index (χ4v) is 1.75. The highest BCUT2D eigenvalue weighted by Crippen LogP contribution is 2.07. The van der Waals surface area contributed by atoms with Gasteiger partial charge < -0.3 is 15.8 Å². The van der Waals surface area contributed by atoms with Crippen molar-refractivity contribution in [2.45, 2.75) is 13.5 Å². The first-order valence-corrected chi connectivity index (χ1v) is 6.80. The first-order chi connectivity index (χ1) is 10.6. The number of ether oxygens (including phenoxy) is 1. The lowest BCUT2D eigenvalue weighted by Crippen LogP contribution is -2.24. The van der Waals surface area contributed by atoms with Crippen molar-refractivity contribution in [3.05, 3.63) is 59.4 Å². The topological polar surface area (TPSA) is 77.2 Å². The van der Waals surface area contributed by atoms with Crippen LogP contribution in [-0.4, -0.2) is 17.6 Å². The Morgan fingerprint density at radius 3 is 2.86 bits per heavy atom. The molecule has 0 spiro atoms. The molecule has 0 aliphatic carbocycles. The Morgan fingerprint density at radius 1 is 1.36 bits per heavy atom. The summed E-state index contributed by atoms with van der Waals surface area (Å²) < 4.78 is 5.07. The summed E-state index contributed by atoms with van der Waals surface area (Å²) in [6, 6.07) is 11.3. The van der Waals surface area contributed by atoms with Crippen molar-refractivity contribution in [3.8, 4) is 11.8 Å². The van der Waals surface area contributed by atoms with E-state index in [2.05, 4.69) is 22.1 Å². The molecule has 0 aliphatic rings. The fourth-order valence-electron chi connectivity index (χ4n) is 1.75. The zero-order valence-corrected chi connectivity index (χ0v) is 12.3. The van der Waals surface area contributed by atoms with Gasteiger partial charge >= 0.3 is 6.09 Å². The third-order valence-corrected chi connectivity index (χ3v) is 2.84. The second-order valence-corrected chi connectivity index (χ2v) is 4.65. The van der Waals surface area contributed by atoms with E-state index in [0.29, 0.717) is 11.4 Å². The van der Waals surface area contributed by atoms with Gasteiger partial charge in [0.05, 0.1) is 18.4 Å². The molecule has 0 aliphatic heterocycles. The van der Waals surface area contributed by atoms with Gasteiger partial charge in [-0.25, -0.2) is 9.78 Å². The number of nitrogen functional groups attached to an aromatic ring is 1. The Bertz CT molecular complexity index is 703. The van der Waals surface area contributed by atoms with E-state index in [-0.39, 0.29) is 13.2 Å². The minimum absolute atomic E-state index is 0.194. The van der Waals surface area contributed by atoms with Crippen LogP contribution in [-0.2, 0) is 11.3 Å². The summed E-state index contributed by atoms with van der Waals surface area (Å²) in [5.74, 6) is 5.71. The predicted molar refractivity (Wildman–Crippen MR) is 84.9 cm³/mol. The molecule has 0 saturated carbocycles. The van der Waals surface area contributed by atoms with Crippen molar-refractivity contribution in [2.75, 3.05) is 12.3 Å². The summed E-state index contributed by atoms with van der Waals surface area (Å²) in [6.45, 7) is 2.31. The first-order valence-electron chi connectivity index (χ1n) is 6.80. The standard InChI is InChI=1S/C17H17N3O2/c1-13-10-15(18)11-20-16(13)8-5-9-19-17(21)22-12-14-6-3-2-4-7-14/h2-4,6-7,10-11H,9,12,18H2,1H3,(H,19,21). The number of nitrogens with one attached hydrogen (secondary N) is 1. The van der Waals surface area contributed by atoms with Crippen LogP contribution in [0.3, 0.4) is 0 Å². The summed E-state index contributed by atoms with van der Waals surface area (Å²) in [7, 11) is 0. The molecule has 5 heteroatoms. The number of alkyl carbamates (subject to hydrolysis) is 1. The third-order valence-electron chi connectivity index (χ3n) is 2.84. The number of nitrogens with two attached hydrogens (primary N) is 1. The van der Waals surface area contributed by atoms with E-state index in [1.165, 1.54) is 0 Å². The number of benzene rings is 1. The molecule has 0 saturated heterocycles. The molecule has 0 fully saturated rings. The number of aromatic nitrogens is 1. The SMILES string of the molecule is Cc1cc(N)cnc1C#CCNC(=O)OCc1ccccc1. The molecule has 1 amide bonds. The summed E-state index contributed by atoms with van der Waals surface area (Å²) in [5.41, 5.74) is 8.71. The minimum atomic E-state index is -0.500. The number of carbonyl (C=O) groups is 1. The van der Waals surface area contributed by atoms with Crippen molar-refractivity contribution >= 4 is 11.8 Å².